The van der Waals surface area contributed by atoms with E-state index in [1.54, 1.807) is 0 Å². The summed E-state index contributed by atoms with van der Waals surface area (Å²) in [7, 11) is 0. The van der Waals surface area contributed by atoms with Crippen LogP contribution in [-0.2, 0) is 0 Å². The normalized spacial score (nSPS) is 12.1. The Morgan fingerprint density at radius 3 is 1.57 bits per heavy atom. The highest BCUT2D eigenvalue weighted by atomic mass is 79.9. The second-order valence-corrected chi connectivity index (χ2v) is 11.1. The molecule has 3 aromatic rings. The van der Waals surface area contributed by atoms with E-state index < -0.39 is 0 Å². The van der Waals surface area contributed by atoms with E-state index in [2.05, 4.69) is 103 Å². The molecule has 0 saturated carbocycles. The van der Waals surface area contributed by atoms with Crippen LogP contribution in [0.25, 0.3) is 22.3 Å². The van der Waals surface area contributed by atoms with Gasteiger partial charge in [-0.25, -0.2) is 0 Å². The number of benzene rings is 3. The van der Waals surface area contributed by atoms with Gasteiger partial charge < -0.3 is 0 Å². The first kappa shape index (κ1) is 27.7. The molecule has 35 heavy (non-hydrogen) atoms. The molecule has 0 aliphatic heterocycles. The van der Waals surface area contributed by atoms with Gasteiger partial charge in [-0.05, 0) is 58.7 Å². The summed E-state index contributed by atoms with van der Waals surface area (Å²) >= 11 is 3.58. The van der Waals surface area contributed by atoms with Crippen LogP contribution in [0.1, 0.15) is 109 Å². The van der Waals surface area contributed by atoms with Crippen molar-refractivity contribution in [1.82, 2.24) is 0 Å². The predicted molar refractivity (Wildman–Crippen MR) is 159 cm³/mol. The van der Waals surface area contributed by atoms with Gasteiger partial charge in [0.15, 0.2) is 0 Å². The van der Waals surface area contributed by atoms with E-state index in [0.717, 1.165) is 4.47 Å². The van der Waals surface area contributed by atoms with Crippen LogP contribution in [0.3, 0.4) is 0 Å². The number of halogens is 1. The van der Waals surface area contributed by atoms with Gasteiger partial charge >= 0.3 is 0 Å². The number of hydrogen-bond donors (Lipinski definition) is 0. The minimum atomic E-state index is 0.715. The highest BCUT2D eigenvalue weighted by Crippen LogP contribution is 2.31. The third kappa shape index (κ3) is 9.60. The summed E-state index contributed by atoms with van der Waals surface area (Å²) in [5.41, 5.74) is 6.64. The van der Waals surface area contributed by atoms with Gasteiger partial charge in [0.05, 0.1) is 0 Å². The quantitative estimate of drug-likeness (QED) is 0.161. The van der Waals surface area contributed by atoms with E-state index in [-0.39, 0.29) is 0 Å². The van der Waals surface area contributed by atoms with Crippen molar-refractivity contribution in [3.63, 3.8) is 0 Å². The number of rotatable bonds is 16. The van der Waals surface area contributed by atoms with Gasteiger partial charge in [0.25, 0.3) is 0 Å². The van der Waals surface area contributed by atoms with Crippen molar-refractivity contribution in [2.45, 2.75) is 103 Å². The topological polar surface area (TPSA) is 0 Å². The third-order valence-electron chi connectivity index (χ3n) is 7.32. The molecular weight excluding hydrogens is 488 g/mol. The molecule has 3 rings (SSSR count). The molecule has 0 nitrogen and oxygen atoms in total. The average Bonchev–Trinajstić information content (AvgIpc) is 2.90. The lowest BCUT2D eigenvalue weighted by Gasteiger charge is -2.18. The van der Waals surface area contributed by atoms with E-state index in [9.17, 15) is 0 Å². The molecule has 0 radical (unpaired) electrons. The van der Waals surface area contributed by atoms with Crippen molar-refractivity contribution >= 4 is 15.9 Å². The van der Waals surface area contributed by atoms with Crippen molar-refractivity contribution in [3.8, 4) is 22.3 Å². The molecule has 1 unspecified atom stereocenters. The van der Waals surface area contributed by atoms with Crippen molar-refractivity contribution < 1.29 is 0 Å². The van der Waals surface area contributed by atoms with Gasteiger partial charge in [-0.15, -0.1) is 0 Å². The standard InChI is InChI=1S/C34H45Br/c1-3-5-7-8-9-10-11-12-13-16-28(15-6-4-2)29-19-21-30(22-20-29)31-23-25-32(26-24-31)33-17-14-18-34(35)27-33/h14,17-28H,3-13,15-16H2,1-2H3. The first-order valence-corrected chi connectivity index (χ1v) is 15.0. The molecule has 0 aromatic heterocycles. The molecule has 3 aromatic carbocycles. The average molecular weight is 534 g/mol. The van der Waals surface area contributed by atoms with Crippen LogP contribution in [0.15, 0.2) is 77.3 Å². The first-order chi connectivity index (χ1) is 17.2. The maximum Gasteiger partial charge on any atom is 0.0181 e. The SMILES string of the molecule is CCCCCCCCCCCC(CCCC)c1ccc(-c2ccc(-c3cccc(Br)c3)cc2)cc1. The Morgan fingerprint density at radius 1 is 0.514 bits per heavy atom. The zero-order chi connectivity index (χ0) is 24.7. The van der Waals surface area contributed by atoms with E-state index in [1.165, 1.54) is 111 Å². The molecule has 0 aliphatic carbocycles. The molecule has 0 fully saturated rings. The minimum absolute atomic E-state index is 0.715. The third-order valence-corrected chi connectivity index (χ3v) is 7.81. The second-order valence-electron chi connectivity index (χ2n) is 10.2. The lowest BCUT2D eigenvalue weighted by molar-refractivity contribution is 0.497. The van der Waals surface area contributed by atoms with Gasteiger partial charge in [0.2, 0.25) is 0 Å². The Balaban J connectivity index is 1.53. The van der Waals surface area contributed by atoms with E-state index in [0.29, 0.717) is 5.92 Å². The zero-order valence-corrected chi connectivity index (χ0v) is 23.7. The molecule has 0 heterocycles. The van der Waals surface area contributed by atoms with Crippen LogP contribution in [0.4, 0.5) is 0 Å². The minimum Gasteiger partial charge on any atom is -0.0654 e. The Labute approximate surface area is 223 Å². The van der Waals surface area contributed by atoms with Gasteiger partial charge in [-0.3, -0.25) is 0 Å². The van der Waals surface area contributed by atoms with Crippen LogP contribution >= 0.6 is 15.9 Å². The molecule has 0 bridgehead atoms. The fourth-order valence-electron chi connectivity index (χ4n) is 5.10. The Kier molecular flexibility index (Phi) is 12.7. The zero-order valence-electron chi connectivity index (χ0n) is 22.1. The van der Waals surface area contributed by atoms with Crippen LogP contribution in [-0.4, -0.2) is 0 Å². The van der Waals surface area contributed by atoms with Gasteiger partial charge in [0, 0.05) is 4.47 Å². The van der Waals surface area contributed by atoms with E-state index in [1.807, 2.05) is 0 Å². The summed E-state index contributed by atoms with van der Waals surface area (Å²) in [6, 6.07) is 26.9. The molecule has 0 amide bonds. The highest BCUT2D eigenvalue weighted by molar-refractivity contribution is 9.10. The van der Waals surface area contributed by atoms with Crippen LogP contribution in [0.2, 0.25) is 0 Å². The fourth-order valence-corrected chi connectivity index (χ4v) is 5.50. The molecular formula is C34H45Br. The fraction of sp³-hybridized carbons (Fsp3) is 0.471. The van der Waals surface area contributed by atoms with Crippen molar-refractivity contribution in [2.75, 3.05) is 0 Å². The maximum atomic E-state index is 3.58. The van der Waals surface area contributed by atoms with E-state index in [4.69, 9.17) is 0 Å². The smallest absolute Gasteiger partial charge is 0.0181 e. The summed E-state index contributed by atoms with van der Waals surface area (Å²) in [5, 5.41) is 0. The number of hydrogen-bond acceptors (Lipinski definition) is 0. The summed E-state index contributed by atoms with van der Waals surface area (Å²) < 4.78 is 1.12. The lowest BCUT2D eigenvalue weighted by atomic mass is 9.87. The van der Waals surface area contributed by atoms with Crippen LogP contribution in [0.5, 0.6) is 0 Å². The highest BCUT2D eigenvalue weighted by Gasteiger charge is 2.11. The number of unbranched alkanes of at least 4 members (excludes halogenated alkanes) is 9. The van der Waals surface area contributed by atoms with Gasteiger partial charge in [-0.1, -0.05) is 161 Å². The largest absolute Gasteiger partial charge is 0.0654 e. The van der Waals surface area contributed by atoms with Crippen molar-refractivity contribution in [3.05, 3.63) is 82.8 Å². The van der Waals surface area contributed by atoms with Gasteiger partial charge in [0.1, 0.15) is 0 Å². The Hall–Kier alpha value is -1.86. The maximum absolute atomic E-state index is 3.58. The molecule has 1 atom stereocenters. The summed E-state index contributed by atoms with van der Waals surface area (Å²) in [4.78, 5) is 0. The lowest BCUT2D eigenvalue weighted by Crippen LogP contribution is -1.99. The molecule has 0 saturated heterocycles. The first-order valence-electron chi connectivity index (χ1n) is 14.2. The van der Waals surface area contributed by atoms with Crippen LogP contribution < -0.4 is 0 Å². The summed E-state index contributed by atoms with van der Waals surface area (Å²) in [6.45, 7) is 4.61. The summed E-state index contributed by atoms with van der Waals surface area (Å²) in [5.74, 6) is 0.715. The molecule has 0 aliphatic rings. The second kappa shape index (κ2) is 16.0. The Morgan fingerprint density at radius 2 is 1.00 bits per heavy atom. The molecule has 0 spiro atoms. The monoisotopic (exact) mass is 532 g/mol. The van der Waals surface area contributed by atoms with E-state index >= 15 is 0 Å². The molecule has 1 heteroatoms. The molecule has 188 valence electrons. The Bertz CT molecular complexity index is 955. The van der Waals surface area contributed by atoms with Crippen LogP contribution in [0, 0.1) is 0 Å². The van der Waals surface area contributed by atoms with Crippen molar-refractivity contribution in [1.29, 1.82) is 0 Å². The molecule has 0 N–H and O–H groups in total. The predicted octanol–water partition coefficient (Wildman–Crippen LogP) is 12.0. The van der Waals surface area contributed by atoms with Gasteiger partial charge in [-0.2, -0.15) is 0 Å². The van der Waals surface area contributed by atoms with Crippen molar-refractivity contribution in [2.24, 2.45) is 0 Å². The summed E-state index contributed by atoms with van der Waals surface area (Å²) in [6.07, 6.45) is 18.0.